The Morgan fingerprint density at radius 1 is 1.46 bits per heavy atom. The summed E-state index contributed by atoms with van der Waals surface area (Å²) in [5.74, 6) is 1.07. The van der Waals surface area contributed by atoms with Crippen molar-refractivity contribution in [3.8, 4) is 0 Å². The number of nitrogens with one attached hydrogen (secondary N) is 1. The fourth-order valence-electron chi connectivity index (χ4n) is 3.73. The number of likely N-dealkylation sites (tertiary alicyclic amines) is 1. The molecule has 1 aliphatic heterocycles. The summed E-state index contributed by atoms with van der Waals surface area (Å²) in [6, 6.07) is 0. The highest BCUT2D eigenvalue weighted by molar-refractivity contribution is 14.0. The number of halogens is 1. The summed E-state index contributed by atoms with van der Waals surface area (Å²) in [6.45, 7) is 7.93. The van der Waals surface area contributed by atoms with E-state index in [0.717, 1.165) is 38.4 Å². The zero-order valence-electron chi connectivity index (χ0n) is 15.7. The van der Waals surface area contributed by atoms with Gasteiger partial charge in [0.1, 0.15) is 0 Å². The van der Waals surface area contributed by atoms with Gasteiger partial charge in [-0.3, -0.25) is 9.67 Å². The molecule has 6 heteroatoms. The van der Waals surface area contributed by atoms with Crippen LogP contribution in [0.25, 0.3) is 0 Å². The molecule has 2 rings (SSSR count). The Hall–Kier alpha value is -0.790. The van der Waals surface area contributed by atoms with Gasteiger partial charge >= 0.3 is 0 Å². The van der Waals surface area contributed by atoms with Gasteiger partial charge < -0.3 is 10.2 Å². The Labute approximate surface area is 164 Å². The lowest BCUT2D eigenvalue weighted by atomic mass is 9.78. The summed E-state index contributed by atoms with van der Waals surface area (Å²) < 4.78 is 1.87. The second-order valence-electron chi connectivity index (χ2n) is 7.19. The van der Waals surface area contributed by atoms with E-state index >= 15 is 0 Å². The SMILES string of the molecule is CCCC1(C)CCCN(C(=NC)NCCCc2cnn(C)c2)C1.I. The Kier molecular flexibility index (Phi) is 9.08. The molecule has 24 heavy (non-hydrogen) atoms. The molecule has 0 aliphatic carbocycles. The molecule has 1 aliphatic rings. The van der Waals surface area contributed by atoms with E-state index in [-0.39, 0.29) is 24.0 Å². The van der Waals surface area contributed by atoms with Crippen LogP contribution in [0.4, 0.5) is 0 Å². The Bertz CT molecular complexity index is 509. The number of aromatic nitrogens is 2. The van der Waals surface area contributed by atoms with Gasteiger partial charge in [-0.15, -0.1) is 24.0 Å². The van der Waals surface area contributed by atoms with Crippen LogP contribution in [0.5, 0.6) is 0 Å². The number of rotatable bonds is 6. The van der Waals surface area contributed by atoms with Gasteiger partial charge in [0, 0.05) is 39.9 Å². The van der Waals surface area contributed by atoms with Crippen molar-refractivity contribution < 1.29 is 0 Å². The zero-order chi connectivity index (χ0) is 16.7. The molecule has 2 heterocycles. The molecule has 1 unspecified atom stereocenters. The number of guanidine groups is 1. The fraction of sp³-hybridized carbons (Fsp3) is 0.778. The van der Waals surface area contributed by atoms with Crippen molar-refractivity contribution in [1.82, 2.24) is 20.0 Å². The molecule has 0 radical (unpaired) electrons. The van der Waals surface area contributed by atoms with Gasteiger partial charge in [0.05, 0.1) is 6.20 Å². The third kappa shape index (κ3) is 6.26. The summed E-state index contributed by atoms with van der Waals surface area (Å²) in [7, 11) is 3.86. The maximum atomic E-state index is 4.50. The maximum absolute atomic E-state index is 4.50. The van der Waals surface area contributed by atoms with E-state index in [4.69, 9.17) is 0 Å². The first kappa shape index (κ1) is 21.3. The van der Waals surface area contributed by atoms with Crippen LogP contribution in [0, 0.1) is 5.41 Å². The maximum Gasteiger partial charge on any atom is 0.193 e. The van der Waals surface area contributed by atoms with Crippen molar-refractivity contribution in [2.45, 2.75) is 52.4 Å². The van der Waals surface area contributed by atoms with Crippen molar-refractivity contribution in [1.29, 1.82) is 0 Å². The van der Waals surface area contributed by atoms with Gasteiger partial charge in [0.25, 0.3) is 0 Å². The molecular weight excluding hydrogens is 413 g/mol. The summed E-state index contributed by atoms with van der Waals surface area (Å²) in [5.41, 5.74) is 1.75. The number of aryl methyl sites for hydroxylation is 2. The summed E-state index contributed by atoms with van der Waals surface area (Å²) in [5, 5.41) is 7.76. The minimum absolute atomic E-state index is 0. The van der Waals surface area contributed by atoms with Crippen LogP contribution < -0.4 is 5.32 Å². The first-order valence-corrected chi connectivity index (χ1v) is 8.99. The molecule has 138 valence electrons. The van der Waals surface area contributed by atoms with Crippen LogP contribution in [-0.2, 0) is 13.5 Å². The monoisotopic (exact) mass is 447 g/mol. The van der Waals surface area contributed by atoms with Gasteiger partial charge in [-0.2, -0.15) is 5.10 Å². The first-order valence-electron chi connectivity index (χ1n) is 8.99. The van der Waals surface area contributed by atoms with Crippen LogP contribution in [0.2, 0.25) is 0 Å². The lowest BCUT2D eigenvalue weighted by Gasteiger charge is -2.42. The van der Waals surface area contributed by atoms with E-state index in [1.807, 2.05) is 25.0 Å². The second-order valence-corrected chi connectivity index (χ2v) is 7.19. The summed E-state index contributed by atoms with van der Waals surface area (Å²) in [6.07, 6.45) is 11.4. The fourth-order valence-corrected chi connectivity index (χ4v) is 3.73. The first-order chi connectivity index (χ1) is 11.1. The number of aliphatic imine (C=N–C) groups is 1. The van der Waals surface area contributed by atoms with E-state index < -0.39 is 0 Å². The minimum Gasteiger partial charge on any atom is -0.356 e. The van der Waals surface area contributed by atoms with Gasteiger partial charge in [-0.1, -0.05) is 20.3 Å². The van der Waals surface area contributed by atoms with Crippen LogP contribution in [0.3, 0.4) is 0 Å². The van der Waals surface area contributed by atoms with E-state index in [9.17, 15) is 0 Å². The molecule has 1 aromatic heterocycles. The smallest absolute Gasteiger partial charge is 0.193 e. The molecule has 0 bridgehead atoms. The Balaban J connectivity index is 0.00000288. The Morgan fingerprint density at radius 3 is 2.88 bits per heavy atom. The van der Waals surface area contributed by atoms with Crippen molar-refractivity contribution in [2.75, 3.05) is 26.7 Å². The van der Waals surface area contributed by atoms with Gasteiger partial charge in [-0.25, -0.2) is 0 Å². The number of nitrogens with zero attached hydrogens (tertiary/aromatic N) is 4. The second kappa shape index (κ2) is 10.3. The average molecular weight is 447 g/mol. The van der Waals surface area contributed by atoms with Crippen LogP contribution >= 0.6 is 24.0 Å². The predicted molar refractivity (Wildman–Crippen MR) is 112 cm³/mol. The molecule has 1 aromatic rings. The molecule has 1 fully saturated rings. The predicted octanol–water partition coefficient (Wildman–Crippen LogP) is 3.45. The van der Waals surface area contributed by atoms with Crippen LogP contribution in [0.15, 0.2) is 17.4 Å². The largest absolute Gasteiger partial charge is 0.356 e. The molecule has 0 aromatic carbocycles. The summed E-state index contributed by atoms with van der Waals surface area (Å²) in [4.78, 5) is 6.95. The van der Waals surface area contributed by atoms with E-state index in [1.165, 1.54) is 31.2 Å². The highest BCUT2D eigenvalue weighted by Crippen LogP contribution is 2.33. The molecule has 5 nitrogen and oxygen atoms in total. The topological polar surface area (TPSA) is 45.4 Å². The van der Waals surface area contributed by atoms with Crippen molar-refractivity contribution in [3.05, 3.63) is 18.0 Å². The zero-order valence-corrected chi connectivity index (χ0v) is 18.0. The number of hydrogen-bond acceptors (Lipinski definition) is 2. The molecule has 1 saturated heterocycles. The summed E-state index contributed by atoms with van der Waals surface area (Å²) >= 11 is 0. The molecular formula is C18H34IN5. The third-order valence-corrected chi connectivity index (χ3v) is 4.83. The molecule has 1 N–H and O–H groups in total. The van der Waals surface area contributed by atoms with Gasteiger partial charge in [0.15, 0.2) is 5.96 Å². The van der Waals surface area contributed by atoms with Gasteiger partial charge in [0.2, 0.25) is 0 Å². The molecule has 0 saturated carbocycles. The quantitative estimate of drug-likeness (QED) is 0.315. The van der Waals surface area contributed by atoms with E-state index in [1.54, 1.807) is 0 Å². The standard InChI is InChI=1S/C18H33N5.HI/c1-5-9-18(2)10-7-12-23(15-18)17(19-3)20-11-6-8-16-13-21-22(4)14-16;/h13-14H,5-12,15H2,1-4H3,(H,19,20);1H. The number of hydrogen-bond donors (Lipinski definition) is 1. The lowest BCUT2D eigenvalue weighted by Crippen LogP contribution is -2.50. The average Bonchev–Trinajstić information content (AvgIpc) is 2.93. The molecule has 0 spiro atoms. The highest BCUT2D eigenvalue weighted by atomic mass is 127. The third-order valence-electron chi connectivity index (χ3n) is 4.83. The van der Waals surface area contributed by atoms with Crippen molar-refractivity contribution >= 4 is 29.9 Å². The number of piperidine rings is 1. The van der Waals surface area contributed by atoms with Crippen LogP contribution in [0.1, 0.15) is 51.5 Å². The van der Waals surface area contributed by atoms with E-state index in [2.05, 4.69) is 40.4 Å². The van der Waals surface area contributed by atoms with Crippen molar-refractivity contribution in [3.63, 3.8) is 0 Å². The van der Waals surface area contributed by atoms with Gasteiger partial charge in [-0.05, 0) is 43.1 Å². The van der Waals surface area contributed by atoms with E-state index in [0.29, 0.717) is 5.41 Å². The Morgan fingerprint density at radius 2 is 2.25 bits per heavy atom. The van der Waals surface area contributed by atoms with Crippen LogP contribution in [-0.4, -0.2) is 47.3 Å². The normalized spacial score (nSPS) is 21.5. The lowest BCUT2D eigenvalue weighted by molar-refractivity contribution is 0.142. The highest BCUT2D eigenvalue weighted by Gasteiger charge is 2.31. The minimum atomic E-state index is 0. The van der Waals surface area contributed by atoms with Crippen molar-refractivity contribution in [2.24, 2.45) is 17.5 Å². The molecule has 0 amide bonds. The molecule has 1 atom stereocenters.